The number of ether oxygens (including phenoxy) is 1. The van der Waals surface area contributed by atoms with Crippen LogP contribution in [0.3, 0.4) is 0 Å². The van der Waals surface area contributed by atoms with Gasteiger partial charge in [-0.15, -0.1) is 12.4 Å². The number of carbonyl (C=O) groups is 1. The monoisotopic (exact) mass is 325 g/mol. The maximum atomic E-state index is 11.6. The first-order chi connectivity index (χ1) is 10.3. The lowest BCUT2D eigenvalue weighted by Crippen LogP contribution is -2.34. The number of hydrogen-bond donors (Lipinski definition) is 2. The van der Waals surface area contributed by atoms with E-state index in [0.29, 0.717) is 31.3 Å². The summed E-state index contributed by atoms with van der Waals surface area (Å²) in [5.74, 6) is 0.466. The molecule has 1 aromatic heterocycles. The number of nitrogens with one attached hydrogen (secondary N) is 2. The van der Waals surface area contributed by atoms with E-state index in [1.54, 1.807) is 13.4 Å². The Kier molecular flexibility index (Phi) is 8.21. The van der Waals surface area contributed by atoms with Gasteiger partial charge in [0.25, 0.3) is 0 Å². The first-order valence-corrected chi connectivity index (χ1v) is 6.76. The molecule has 0 unspecified atom stereocenters. The predicted octanol–water partition coefficient (Wildman–Crippen LogP) is 1.62. The van der Waals surface area contributed by atoms with Crippen LogP contribution < -0.4 is 10.6 Å². The standard InChI is InChI=1S/C15H19N3O3.ClH/c1-20-8-7-16-10-14(19)17-9-13-11-21-15(18-13)12-5-3-2-4-6-12;/h2-6,11,16H,7-10H2,1H3,(H,17,19);1H. The fourth-order valence-corrected chi connectivity index (χ4v) is 1.73. The zero-order valence-corrected chi connectivity index (χ0v) is 13.2. The van der Waals surface area contributed by atoms with E-state index >= 15 is 0 Å². The molecule has 1 aromatic carbocycles. The summed E-state index contributed by atoms with van der Waals surface area (Å²) in [5, 5.41) is 5.75. The lowest BCUT2D eigenvalue weighted by molar-refractivity contribution is -0.120. The summed E-state index contributed by atoms with van der Waals surface area (Å²) in [6.45, 7) is 1.83. The molecule has 2 rings (SSSR count). The number of nitrogens with zero attached hydrogens (tertiary/aromatic N) is 1. The Morgan fingerprint density at radius 1 is 1.32 bits per heavy atom. The number of rotatable bonds is 8. The van der Waals surface area contributed by atoms with Crippen molar-refractivity contribution in [2.45, 2.75) is 6.54 Å². The average molecular weight is 326 g/mol. The molecule has 1 heterocycles. The number of benzene rings is 1. The minimum Gasteiger partial charge on any atom is -0.444 e. The Morgan fingerprint density at radius 2 is 2.09 bits per heavy atom. The van der Waals surface area contributed by atoms with E-state index in [9.17, 15) is 4.79 Å². The third kappa shape index (κ3) is 5.85. The van der Waals surface area contributed by atoms with Crippen LogP contribution in [0.1, 0.15) is 5.69 Å². The third-order valence-corrected chi connectivity index (χ3v) is 2.81. The fourth-order valence-electron chi connectivity index (χ4n) is 1.73. The van der Waals surface area contributed by atoms with Gasteiger partial charge in [-0.25, -0.2) is 4.98 Å². The Labute approximate surface area is 135 Å². The van der Waals surface area contributed by atoms with Crippen LogP contribution in [0, 0.1) is 0 Å². The van der Waals surface area contributed by atoms with Crippen LogP contribution in [0.5, 0.6) is 0 Å². The quantitative estimate of drug-likeness (QED) is 0.721. The third-order valence-electron chi connectivity index (χ3n) is 2.81. The van der Waals surface area contributed by atoms with E-state index in [4.69, 9.17) is 9.15 Å². The molecule has 0 saturated carbocycles. The van der Waals surface area contributed by atoms with Gasteiger partial charge < -0.3 is 19.8 Å². The number of methoxy groups -OCH3 is 1. The molecule has 0 spiro atoms. The molecule has 1 amide bonds. The van der Waals surface area contributed by atoms with Crippen LogP contribution in [0.15, 0.2) is 41.0 Å². The maximum Gasteiger partial charge on any atom is 0.234 e. The first kappa shape index (κ1) is 18.2. The highest BCUT2D eigenvalue weighted by molar-refractivity contribution is 5.85. The van der Waals surface area contributed by atoms with Crippen LogP contribution in [0.4, 0.5) is 0 Å². The number of amides is 1. The van der Waals surface area contributed by atoms with Gasteiger partial charge in [0, 0.05) is 19.2 Å². The lowest BCUT2D eigenvalue weighted by atomic mass is 10.2. The van der Waals surface area contributed by atoms with Crippen LogP contribution in [0.2, 0.25) is 0 Å². The molecule has 22 heavy (non-hydrogen) atoms. The molecule has 0 saturated heterocycles. The lowest BCUT2D eigenvalue weighted by Gasteiger charge is -2.04. The summed E-state index contributed by atoms with van der Waals surface area (Å²) in [6.07, 6.45) is 1.56. The molecule has 0 aliphatic heterocycles. The Morgan fingerprint density at radius 3 is 2.82 bits per heavy atom. The minimum atomic E-state index is -0.0876. The number of halogens is 1. The van der Waals surface area contributed by atoms with Gasteiger partial charge in [0.15, 0.2) is 0 Å². The van der Waals surface area contributed by atoms with Gasteiger partial charge in [0.1, 0.15) is 6.26 Å². The molecule has 0 bridgehead atoms. The molecule has 0 aliphatic rings. The molecule has 0 radical (unpaired) electrons. The second-order valence-electron chi connectivity index (χ2n) is 4.46. The molecule has 0 atom stereocenters. The average Bonchev–Trinajstić information content (AvgIpc) is 2.99. The van der Waals surface area contributed by atoms with Crippen molar-refractivity contribution in [2.75, 3.05) is 26.8 Å². The molecule has 6 nitrogen and oxygen atoms in total. The second kappa shape index (κ2) is 9.94. The molecule has 2 N–H and O–H groups in total. The topological polar surface area (TPSA) is 76.4 Å². The van der Waals surface area contributed by atoms with E-state index in [1.807, 2.05) is 30.3 Å². The van der Waals surface area contributed by atoms with Crippen LogP contribution in [0.25, 0.3) is 11.5 Å². The van der Waals surface area contributed by atoms with Gasteiger partial charge >= 0.3 is 0 Å². The van der Waals surface area contributed by atoms with E-state index in [-0.39, 0.29) is 24.9 Å². The van der Waals surface area contributed by atoms with Crippen molar-refractivity contribution in [3.8, 4) is 11.5 Å². The molecule has 0 aliphatic carbocycles. The smallest absolute Gasteiger partial charge is 0.234 e. The zero-order chi connectivity index (χ0) is 14.9. The minimum absolute atomic E-state index is 0. The summed E-state index contributed by atoms with van der Waals surface area (Å²) >= 11 is 0. The van der Waals surface area contributed by atoms with Gasteiger partial charge in [-0.05, 0) is 12.1 Å². The van der Waals surface area contributed by atoms with Crippen molar-refractivity contribution in [3.05, 3.63) is 42.3 Å². The van der Waals surface area contributed by atoms with Gasteiger partial charge in [-0.2, -0.15) is 0 Å². The van der Waals surface area contributed by atoms with Gasteiger partial charge in [0.2, 0.25) is 11.8 Å². The molecular formula is C15H20ClN3O3. The Bertz CT molecular complexity index is 560. The fraction of sp³-hybridized carbons (Fsp3) is 0.333. The van der Waals surface area contributed by atoms with Crippen molar-refractivity contribution in [3.63, 3.8) is 0 Å². The van der Waals surface area contributed by atoms with E-state index < -0.39 is 0 Å². The van der Waals surface area contributed by atoms with Crippen molar-refractivity contribution < 1.29 is 13.9 Å². The van der Waals surface area contributed by atoms with Crippen molar-refractivity contribution >= 4 is 18.3 Å². The first-order valence-electron chi connectivity index (χ1n) is 6.76. The summed E-state index contributed by atoms with van der Waals surface area (Å²) in [5.41, 5.74) is 1.61. The predicted molar refractivity (Wildman–Crippen MR) is 85.8 cm³/mol. The van der Waals surface area contributed by atoms with Crippen molar-refractivity contribution in [1.82, 2.24) is 15.6 Å². The summed E-state index contributed by atoms with van der Waals surface area (Å²) in [4.78, 5) is 15.9. The Hall–Kier alpha value is -1.89. The molecular weight excluding hydrogens is 306 g/mol. The van der Waals surface area contributed by atoms with Crippen molar-refractivity contribution in [1.29, 1.82) is 0 Å². The molecule has 0 fully saturated rings. The zero-order valence-electron chi connectivity index (χ0n) is 12.4. The maximum absolute atomic E-state index is 11.6. The summed E-state index contributed by atoms with van der Waals surface area (Å²) < 4.78 is 10.3. The summed E-state index contributed by atoms with van der Waals surface area (Å²) in [6, 6.07) is 9.63. The highest BCUT2D eigenvalue weighted by Crippen LogP contribution is 2.17. The largest absolute Gasteiger partial charge is 0.444 e. The van der Waals surface area contributed by atoms with E-state index in [1.165, 1.54) is 0 Å². The van der Waals surface area contributed by atoms with E-state index in [0.717, 1.165) is 5.56 Å². The van der Waals surface area contributed by atoms with Gasteiger partial charge in [-0.3, -0.25) is 4.79 Å². The van der Waals surface area contributed by atoms with E-state index in [2.05, 4.69) is 15.6 Å². The van der Waals surface area contributed by atoms with Crippen LogP contribution >= 0.6 is 12.4 Å². The summed E-state index contributed by atoms with van der Waals surface area (Å²) in [7, 11) is 1.62. The molecule has 120 valence electrons. The normalized spacial score (nSPS) is 10.0. The van der Waals surface area contributed by atoms with Crippen LogP contribution in [-0.2, 0) is 16.1 Å². The number of hydrogen-bond acceptors (Lipinski definition) is 5. The van der Waals surface area contributed by atoms with Gasteiger partial charge in [0.05, 0.1) is 25.4 Å². The van der Waals surface area contributed by atoms with Crippen molar-refractivity contribution in [2.24, 2.45) is 0 Å². The number of carbonyl (C=O) groups excluding carboxylic acids is 1. The molecule has 2 aromatic rings. The number of aromatic nitrogens is 1. The Balaban J connectivity index is 0.00000242. The highest BCUT2D eigenvalue weighted by Gasteiger charge is 2.07. The second-order valence-corrected chi connectivity index (χ2v) is 4.46. The number of oxazole rings is 1. The highest BCUT2D eigenvalue weighted by atomic mass is 35.5. The van der Waals surface area contributed by atoms with Gasteiger partial charge in [-0.1, -0.05) is 18.2 Å². The SMILES string of the molecule is COCCNCC(=O)NCc1coc(-c2ccccc2)n1.Cl. The molecule has 7 heteroatoms. The van der Waals surface area contributed by atoms with Crippen LogP contribution in [-0.4, -0.2) is 37.7 Å².